The van der Waals surface area contributed by atoms with E-state index in [1.54, 1.807) is 18.2 Å². The standard InChI is InChI=1S/C23H27NO3/c1-2-15-24(20-13-11-17-7-3-4-9-19(17)16-20)22(25)14-12-18-8-5-6-10-21(18)23(26)27/h3-10,20H,2,11-16H2,1H3,(H,26,27). The zero-order chi connectivity index (χ0) is 19.2. The predicted octanol–water partition coefficient (Wildman–Crippen LogP) is 4.11. The summed E-state index contributed by atoms with van der Waals surface area (Å²) in [6, 6.07) is 15.7. The Kier molecular flexibility index (Phi) is 6.28. The number of carbonyl (C=O) groups excluding carboxylic acids is 1. The first-order chi connectivity index (χ1) is 13.1. The summed E-state index contributed by atoms with van der Waals surface area (Å²) in [4.78, 5) is 26.4. The number of benzene rings is 2. The summed E-state index contributed by atoms with van der Waals surface area (Å²) >= 11 is 0. The van der Waals surface area contributed by atoms with Gasteiger partial charge in [-0.15, -0.1) is 0 Å². The van der Waals surface area contributed by atoms with Crippen LogP contribution in [0.2, 0.25) is 0 Å². The topological polar surface area (TPSA) is 57.6 Å². The average Bonchev–Trinajstić information content (AvgIpc) is 2.70. The number of carboxylic acid groups (broad SMARTS) is 1. The van der Waals surface area contributed by atoms with Gasteiger partial charge in [-0.25, -0.2) is 4.79 Å². The van der Waals surface area contributed by atoms with Crippen LogP contribution < -0.4 is 0 Å². The van der Waals surface area contributed by atoms with E-state index in [4.69, 9.17) is 0 Å². The first kappa shape index (κ1) is 19.2. The molecule has 142 valence electrons. The number of carboxylic acids is 1. The molecule has 0 aromatic heterocycles. The number of nitrogens with zero attached hydrogens (tertiary/aromatic N) is 1. The van der Waals surface area contributed by atoms with Crippen molar-refractivity contribution in [1.29, 1.82) is 0 Å². The van der Waals surface area contributed by atoms with Crippen molar-refractivity contribution in [3.8, 4) is 0 Å². The van der Waals surface area contributed by atoms with Gasteiger partial charge in [0.15, 0.2) is 0 Å². The van der Waals surface area contributed by atoms with Gasteiger partial charge < -0.3 is 10.0 Å². The summed E-state index contributed by atoms with van der Waals surface area (Å²) in [7, 11) is 0. The van der Waals surface area contributed by atoms with Gasteiger partial charge >= 0.3 is 5.97 Å². The van der Waals surface area contributed by atoms with Gasteiger partial charge in [0.25, 0.3) is 0 Å². The summed E-state index contributed by atoms with van der Waals surface area (Å²) in [5.41, 5.74) is 3.76. The minimum absolute atomic E-state index is 0.126. The Hall–Kier alpha value is -2.62. The summed E-state index contributed by atoms with van der Waals surface area (Å²) in [6.07, 6.45) is 4.65. The molecule has 1 aliphatic rings. The number of hydrogen-bond donors (Lipinski definition) is 1. The molecule has 0 spiro atoms. The molecule has 1 aliphatic carbocycles. The zero-order valence-electron chi connectivity index (χ0n) is 15.9. The molecule has 2 aromatic carbocycles. The van der Waals surface area contributed by atoms with Crippen molar-refractivity contribution in [2.45, 2.75) is 51.5 Å². The predicted molar refractivity (Wildman–Crippen MR) is 106 cm³/mol. The molecular formula is C23H27NO3. The lowest BCUT2D eigenvalue weighted by Gasteiger charge is -2.35. The minimum Gasteiger partial charge on any atom is -0.478 e. The van der Waals surface area contributed by atoms with E-state index >= 15 is 0 Å². The third kappa shape index (κ3) is 4.57. The monoisotopic (exact) mass is 365 g/mol. The number of carbonyl (C=O) groups is 2. The minimum atomic E-state index is -0.938. The van der Waals surface area contributed by atoms with Crippen molar-refractivity contribution in [2.75, 3.05) is 6.54 Å². The van der Waals surface area contributed by atoms with E-state index in [1.165, 1.54) is 11.1 Å². The maximum atomic E-state index is 13.0. The molecule has 0 heterocycles. The molecule has 1 atom stereocenters. The third-order valence-corrected chi connectivity index (χ3v) is 5.40. The maximum absolute atomic E-state index is 13.0. The van der Waals surface area contributed by atoms with Crippen LogP contribution in [-0.4, -0.2) is 34.5 Å². The van der Waals surface area contributed by atoms with Crippen LogP contribution in [0.1, 0.15) is 53.2 Å². The van der Waals surface area contributed by atoms with Crippen LogP contribution in [0.25, 0.3) is 0 Å². The maximum Gasteiger partial charge on any atom is 0.335 e. The fourth-order valence-electron chi connectivity index (χ4n) is 4.03. The normalized spacial score (nSPS) is 15.8. The molecule has 1 amide bonds. The Balaban J connectivity index is 1.69. The van der Waals surface area contributed by atoms with E-state index in [0.717, 1.165) is 37.8 Å². The fraction of sp³-hybridized carbons (Fsp3) is 0.391. The molecule has 0 saturated heterocycles. The summed E-state index contributed by atoms with van der Waals surface area (Å²) in [6.45, 7) is 2.85. The first-order valence-corrected chi connectivity index (χ1v) is 9.77. The molecule has 27 heavy (non-hydrogen) atoms. The molecule has 3 rings (SSSR count). The molecule has 0 saturated carbocycles. The number of amides is 1. The molecule has 1 N–H and O–H groups in total. The van der Waals surface area contributed by atoms with Gasteiger partial charge in [-0.1, -0.05) is 49.4 Å². The third-order valence-electron chi connectivity index (χ3n) is 5.40. The van der Waals surface area contributed by atoms with Gasteiger partial charge in [-0.2, -0.15) is 0 Å². The van der Waals surface area contributed by atoms with Crippen LogP contribution in [0, 0.1) is 0 Å². The Morgan fingerprint density at radius 1 is 1.07 bits per heavy atom. The van der Waals surface area contributed by atoms with Gasteiger partial charge in [-0.05, 0) is 54.9 Å². The largest absolute Gasteiger partial charge is 0.478 e. The summed E-state index contributed by atoms with van der Waals surface area (Å²) in [5, 5.41) is 9.33. The number of hydrogen-bond acceptors (Lipinski definition) is 2. The van der Waals surface area contributed by atoms with Crippen LogP contribution in [-0.2, 0) is 24.1 Å². The van der Waals surface area contributed by atoms with Crippen LogP contribution >= 0.6 is 0 Å². The van der Waals surface area contributed by atoms with Crippen LogP contribution in [0.15, 0.2) is 48.5 Å². The highest BCUT2D eigenvalue weighted by molar-refractivity contribution is 5.89. The van der Waals surface area contributed by atoms with Gasteiger partial charge in [0, 0.05) is 19.0 Å². The van der Waals surface area contributed by atoms with E-state index in [9.17, 15) is 14.7 Å². The Morgan fingerprint density at radius 3 is 2.52 bits per heavy atom. The van der Waals surface area contributed by atoms with E-state index < -0.39 is 5.97 Å². The Bertz CT molecular complexity index is 815. The lowest BCUT2D eigenvalue weighted by molar-refractivity contribution is -0.133. The van der Waals surface area contributed by atoms with Crippen molar-refractivity contribution in [2.24, 2.45) is 0 Å². The fourth-order valence-corrected chi connectivity index (χ4v) is 4.03. The summed E-state index contributed by atoms with van der Waals surface area (Å²) < 4.78 is 0. The lowest BCUT2D eigenvalue weighted by atomic mass is 9.87. The van der Waals surface area contributed by atoms with E-state index in [-0.39, 0.29) is 11.9 Å². The van der Waals surface area contributed by atoms with Gasteiger partial charge in [0.2, 0.25) is 5.91 Å². The van der Waals surface area contributed by atoms with Crippen molar-refractivity contribution >= 4 is 11.9 Å². The summed E-state index contributed by atoms with van der Waals surface area (Å²) in [5.74, 6) is -0.811. The van der Waals surface area contributed by atoms with Crippen molar-refractivity contribution in [3.05, 3.63) is 70.8 Å². The molecule has 0 aliphatic heterocycles. The van der Waals surface area contributed by atoms with E-state index in [2.05, 4.69) is 31.2 Å². The smallest absolute Gasteiger partial charge is 0.335 e. The average molecular weight is 365 g/mol. The number of rotatable bonds is 7. The van der Waals surface area contributed by atoms with Crippen molar-refractivity contribution in [3.63, 3.8) is 0 Å². The molecule has 0 fully saturated rings. The lowest BCUT2D eigenvalue weighted by Crippen LogP contribution is -2.44. The molecule has 1 unspecified atom stereocenters. The van der Waals surface area contributed by atoms with Crippen LogP contribution in [0.4, 0.5) is 0 Å². The second-order valence-corrected chi connectivity index (χ2v) is 7.21. The van der Waals surface area contributed by atoms with Crippen LogP contribution in [0.5, 0.6) is 0 Å². The number of aryl methyl sites for hydroxylation is 2. The zero-order valence-corrected chi connectivity index (χ0v) is 15.9. The van der Waals surface area contributed by atoms with Crippen molar-refractivity contribution in [1.82, 2.24) is 4.90 Å². The molecule has 0 bridgehead atoms. The quantitative estimate of drug-likeness (QED) is 0.803. The first-order valence-electron chi connectivity index (χ1n) is 9.77. The highest BCUT2D eigenvalue weighted by Crippen LogP contribution is 2.25. The highest BCUT2D eigenvalue weighted by atomic mass is 16.4. The second-order valence-electron chi connectivity index (χ2n) is 7.21. The molecular weight excluding hydrogens is 338 g/mol. The number of aromatic carboxylic acids is 1. The van der Waals surface area contributed by atoms with E-state index in [0.29, 0.717) is 18.4 Å². The van der Waals surface area contributed by atoms with Gasteiger partial charge in [0.05, 0.1) is 5.56 Å². The van der Waals surface area contributed by atoms with E-state index in [1.807, 2.05) is 11.0 Å². The number of fused-ring (bicyclic) bond motifs is 1. The van der Waals surface area contributed by atoms with Crippen molar-refractivity contribution < 1.29 is 14.7 Å². The second kappa shape index (κ2) is 8.85. The Labute approximate surface area is 160 Å². The molecule has 4 heteroatoms. The Morgan fingerprint density at radius 2 is 1.78 bits per heavy atom. The van der Waals surface area contributed by atoms with Crippen LogP contribution in [0.3, 0.4) is 0 Å². The molecule has 4 nitrogen and oxygen atoms in total. The van der Waals surface area contributed by atoms with Gasteiger partial charge in [0.1, 0.15) is 0 Å². The highest BCUT2D eigenvalue weighted by Gasteiger charge is 2.27. The molecule has 2 aromatic rings. The molecule has 0 radical (unpaired) electrons. The van der Waals surface area contributed by atoms with Gasteiger partial charge in [-0.3, -0.25) is 4.79 Å². The SMILES string of the molecule is CCCN(C(=O)CCc1ccccc1C(=O)O)C1CCc2ccccc2C1.